The molecule has 0 unspecified atom stereocenters. The second kappa shape index (κ2) is 8.23. The van der Waals surface area contributed by atoms with E-state index in [1.807, 2.05) is 12.1 Å². The van der Waals surface area contributed by atoms with Gasteiger partial charge in [0.2, 0.25) is 0 Å². The smallest absolute Gasteiger partial charge is 0.313 e. The number of carbonyl (C=O) groups is 2. The van der Waals surface area contributed by atoms with Crippen molar-refractivity contribution in [1.82, 2.24) is 15.3 Å². The van der Waals surface area contributed by atoms with Crippen molar-refractivity contribution in [2.75, 3.05) is 29.9 Å². The molecule has 2 aromatic heterocycles. The topological polar surface area (TPSA) is 87.2 Å². The average Bonchev–Trinajstić information content (AvgIpc) is 2.68. The Labute approximate surface area is 146 Å². The summed E-state index contributed by atoms with van der Waals surface area (Å²) >= 11 is 0. The van der Waals surface area contributed by atoms with Crippen LogP contribution in [0, 0.1) is 5.92 Å². The van der Waals surface area contributed by atoms with Crippen LogP contribution >= 0.6 is 0 Å². The molecule has 130 valence electrons. The first-order chi connectivity index (χ1) is 12.2. The lowest BCUT2D eigenvalue weighted by Gasteiger charge is -2.33. The highest BCUT2D eigenvalue weighted by Crippen LogP contribution is 2.22. The van der Waals surface area contributed by atoms with Crippen molar-refractivity contribution in [3.05, 3.63) is 49.1 Å². The number of carbonyl (C=O) groups excluding carboxylic acids is 2. The lowest BCUT2D eigenvalue weighted by molar-refractivity contribution is -0.136. The largest absolute Gasteiger partial charge is 0.371 e. The number of amides is 2. The highest BCUT2D eigenvalue weighted by Gasteiger charge is 2.21. The summed E-state index contributed by atoms with van der Waals surface area (Å²) in [6.07, 6.45) is 8.65. The Morgan fingerprint density at radius 1 is 1.04 bits per heavy atom. The number of anilines is 2. The zero-order valence-corrected chi connectivity index (χ0v) is 13.9. The molecule has 1 fully saturated rings. The van der Waals surface area contributed by atoms with E-state index in [2.05, 4.69) is 25.5 Å². The molecule has 3 rings (SSSR count). The number of nitrogens with zero attached hydrogens (tertiary/aromatic N) is 3. The number of piperidine rings is 1. The zero-order valence-electron chi connectivity index (χ0n) is 13.9. The summed E-state index contributed by atoms with van der Waals surface area (Å²) in [6, 6.07) is 7.40. The number of hydrogen-bond donors (Lipinski definition) is 2. The van der Waals surface area contributed by atoms with Crippen LogP contribution in [0.1, 0.15) is 12.8 Å². The molecule has 0 radical (unpaired) electrons. The van der Waals surface area contributed by atoms with Gasteiger partial charge in [0.25, 0.3) is 0 Å². The van der Waals surface area contributed by atoms with E-state index in [0.717, 1.165) is 25.9 Å². The number of rotatable bonds is 4. The molecule has 0 saturated carbocycles. The summed E-state index contributed by atoms with van der Waals surface area (Å²) in [5, 5.41) is 5.26. The minimum Gasteiger partial charge on any atom is -0.371 e. The minimum atomic E-state index is -0.665. The Kier molecular flexibility index (Phi) is 5.56. The molecule has 0 aromatic carbocycles. The van der Waals surface area contributed by atoms with Crippen molar-refractivity contribution in [2.24, 2.45) is 5.92 Å². The molecular formula is C18H21N5O2. The third-order valence-corrected chi connectivity index (χ3v) is 4.32. The number of pyridine rings is 2. The molecule has 2 N–H and O–H groups in total. The van der Waals surface area contributed by atoms with E-state index in [4.69, 9.17) is 0 Å². The summed E-state index contributed by atoms with van der Waals surface area (Å²) in [7, 11) is 0. The van der Waals surface area contributed by atoms with Crippen LogP contribution in [0.4, 0.5) is 11.4 Å². The molecule has 1 aliphatic heterocycles. The lowest BCUT2D eigenvalue weighted by atomic mass is 9.96. The van der Waals surface area contributed by atoms with E-state index in [1.165, 1.54) is 11.9 Å². The zero-order chi connectivity index (χ0) is 17.5. The maximum absolute atomic E-state index is 11.9. The van der Waals surface area contributed by atoms with Gasteiger partial charge in [0, 0.05) is 43.9 Å². The van der Waals surface area contributed by atoms with Gasteiger partial charge in [-0.25, -0.2) is 0 Å². The van der Waals surface area contributed by atoms with E-state index in [0.29, 0.717) is 18.2 Å². The van der Waals surface area contributed by atoms with Crippen LogP contribution in [0.2, 0.25) is 0 Å². The molecule has 1 aliphatic rings. The Hall–Kier alpha value is -2.96. The van der Waals surface area contributed by atoms with E-state index in [-0.39, 0.29) is 0 Å². The molecule has 0 atom stereocenters. The predicted octanol–water partition coefficient (Wildman–Crippen LogP) is 1.45. The molecule has 25 heavy (non-hydrogen) atoms. The molecule has 7 heteroatoms. The first kappa shape index (κ1) is 16.9. The SMILES string of the molecule is O=C(NCC1CCN(c2ccncc2)CC1)C(=O)Nc1cccnc1. The standard InChI is InChI=1S/C18H21N5O2/c24-17(18(25)22-15-2-1-7-20-13-15)21-12-14-5-10-23(11-6-14)16-3-8-19-9-4-16/h1-4,7-9,13-14H,5-6,10-12H2,(H,21,24)(H,22,25). The van der Waals surface area contributed by atoms with Crippen LogP contribution in [0.25, 0.3) is 0 Å². The summed E-state index contributed by atoms with van der Waals surface area (Å²) < 4.78 is 0. The van der Waals surface area contributed by atoms with Crippen LogP contribution in [0.5, 0.6) is 0 Å². The van der Waals surface area contributed by atoms with Gasteiger partial charge in [-0.05, 0) is 43.0 Å². The Balaban J connectivity index is 1.40. The number of aromatic nitrogens is 2. The second-order valence-electron chi connectivity index (χ2n) is 6.04. The Morgan fingerprint density at radius 3 is 2.48 bits per heavy atom. The average molecular weight is 339 g/mol. The third-order valence-electron chi connectivity index (χ3n) is 4.32. The second-order valence-corrected chi connectivity index (χ2v) is 6.04. The molecule has 7 nitrogen and oxygen atoms in total. The summed E-state index contributed by atoms with van der Waals surface area (Å²) in [5.41, 5.74) is 1.68. The quantitative estimate of drug-likeness (QED) is 0.823. The highest BCUT2D eigenvalue weighted by molar-refractivity contribution is 6.39. The fraction of sp³-hybridized carbons (Fsp3) is 0.333. The molecule has 3 heterocycles. The molecule has 0 bridgehead atoms. The number of nitrogens with one attached hydrogen (secondary N) is 2. The van der Waals surface area contributed by atoms with Crippen LogP contribution < -0.4 is 15.5 Å². The van der Waals surface area contributed by atoms with Gasteiger partial charge in [0.05, 0.1) is 11.9 Å². The summed E-state index contributed by atoms with van der Waals surface area (Å²) in [4.78, 5) is 34.0. The Bertz CT molecular complexity index is 700. The normalized spacial score (nSPS) is 14.8. The summed E-state index contributed by atoms with van der Waals surface area (Å²) in [6.45, 7) is 2.39. The van der Waals surface area contributed by atoms with Crippen LogP contribution in [-0.2, 0) is 9.59 Å². The van der Waals surface area contributed by atoms with Gasteiger partial charge in [-0.15, -0.1) is 0 Å². The van der Waals surface area contributed by atoms with Gasteiger partial charge >= 0.3 is 11.8 Å². The van der Waals surface area contributed by atoms with Crippen molar-refractivity contribution in [1.29, 1.82) is 0 Å². The minimum absolute atomic E-state index is 0.383. The third kappa shape index (κ3) is 4.76. The molecule has 2 aromatic rings. The monoisotopic (exact) mass is 339 g/mol. The van der Waals surface area contributed by atoms with E-state index < -0.39 is 11.8 Å². The Morgan fingerprint density at radius 2 is 1.80 bits per heavy atom. The molecule has 0 aliphatic carbocycles. The lowest BCUT2D eigenvalue weighted by Crippen LogP contribution is -2.41. The van der Waals surface area contributed by atoms with E-state index in [9.17, 15) is 9.59 Å². The van der Waals surface area contributed by atoms with Gasteiger partial charge in [-0.2, -0.15) is 0 Å². The van der Waals surface area contributed by atoms with Gasteiger partial charge < -0.3 is 15.5 Å². The van der Waals surface area contributed by atoms with Crippen LogP contribution in [0.3, 0.4) is 0 Å². The van der Waals surface area contributed by atoms with Crippen molar-refractivity contribution in [3.8, 4) is 0 Å². The first-order valence-electron chi connectivity index (χ1n) is 8.36. The summed E-state index contributed by atoms with van der Waals surface area (Å²) in [5.74, 6) is -0.893. The van der Waals surface area contributed by atoms with Crippen molar-refractivity contribution in [2.45, 2.75) is 12.8 Å². The van der Waals surface area contributed by atoms with E-state index >= 15 is 0 Å². The van der Waals surface area contributed by atoms with E-state index in [1.54, 1.807) is 30.7 Å². The maximum Gasteiger partial charge on any atom is 0.313 e. The molecule has 2 amide bonds. The van der Waals surface area contributed by atoms with Crippen LogP contribution in [-0.4, -0.2) is 41.4 Å². The maximum atomic E-state index is 11.9. The fourth-order valence-corrected chi connectivity index (χ4v) is 2.89. The van der Waals surface area contributed by atoms with Crippen LogP contribution in [0.15, 0.2) is 49.1 Å². The van der Waals surface area contributed by atoms with Gasteiger partial charge in [-0.1, -0.05) is 0 Å². The van der Waals surface area contributed by atoms with Crippen molar-refractivity contribution >= 4 is 23.2 Å². The first-order valence-corrected chi connectivity index (χ1v) is 8.36. The van der Waals surface area contributed by atoms with Crippen molar-refractivity contribution in [3.63, 3.8) is 0 Å². The number of hydrogen-bond acceptors (Lipinski definition) is 5. The van der Waals surface area contributed by atoms with Gasteiger partial charge in [0.1, 0.15) is 0 Å². The van der Waals surface area contributed by atoms with Gasteiger partial charge in [-0.3, -0.25) is 19.6 Å². The highest BCUT2D eigenvalue weighted by atomic mass is 16.2. The fourth-order valence-electron chi connectivity index (χ4n) is 2.89. The molecule has 0 spiro atoms. The molecular weight excluding hydrogens is 318 g/mol. The molecule has 1 saturated heterocycles. The van der Waals surface area contributed by atoms with Gasteiger partial charge in [0.15, 0.2) is 0 Å². The predicted molar refractivity (Wildman–Crippen MR) is 95.1 cm³/mol. The van der Waals surface area contributed by atoms with Crippen molar-refractivity contribution < 1.29 is 9.59 Å².